The number of hydrogen-bond acceptors (Lipinski definition) is 3. The fraction of sp³-hybridized carbons (Fsp3) is 0.440. The molecule has 0 N–H and O–H groups in total. The lowest BCUT2D eigenvalue weighted by Crippen LogP contribution is -2.50. The van der Waals surface area contributed by atoms with Crippen LogP contribution in [0.4, 0.5) is 45.2 Å². The molecule has 2 aliphatic heterocycles. The number of hydrogen-bond donors (Lipinski definition) is 0. The molecule has 0 spiro atoms. The standard InChI is InChI=1S/C25H22F9N3O2/c26-23(27,28)17-2-1-3-20(12-17)35-4-6-36(7-5-35)22(39)16-10-21(38)37(14-16)13-15-8-18(24(29,30)31)11-19(9-15)25(32,33)34/h1-3,8-9,11-12,16H,4-7,10,13-14H2. The van der Waals surface area contributed by atoms with Crippen LogP contribution < -0.4 is 4.90 Å². The number of rotatable bonds is 4. The molecule has 1 unspecified atom stereocenters. The monoisotopic (exact) mass is 567 g/mol. The number of alkyl halides is 9. The van der Waals surface area contributed by atoms with E-state index in [2.05, 4.69) is 0 Å². The first-order valence-electron chi connectivity index (χ1n) is 11.8. The van der Waals surface area contributed by atoms with Crippen LogP contribution in [0, 0.1) is 5.92 Å². The molecule has 212 valence electrons. The zero-order valence-corrected chi connectivity index (χ0v) is 20.1. The number of carbonyl (C=O) groups is 2. The Bertz CT molecular complexity index is 1200. The molecule has 5 nitrogen and oxygen atoms in total. The molecule has 2 aromatic carbocycles. The van der Waals surface area contributed by atoms with Gasteiger partial charge in [0.2, 0.25) is 11.8 Å². The van der Waals surface area contributed by atoms with Crippen LogP contribution in [-0.2, 0) is 34.7 Å². The third kappa shape index (κ3) is 6.59. The van der Waals surface area contributed by atoms with Crippen molar-refractivity contribution in [2.75, 3.05) is 37.6 Å². The van der Waals surface area contributed by atoms with Crippen LogP contribution in [0.5, 0.6) is 0 Å². The first-order valence-corrected chi connectivity index (χ1v) is 11.8. The van der Waals surface area contributed by atoms with E-state index in [4.69, 9.17) is 0 Å². The van der Waals surface area contributed by atoms with Gasteiger partial charge >= 0.3 is 18.5 Å². The summed E-state index contributed by atoms with van der Waals surface area (Å²) in [5.74, 6) is -1.83. The fourth-order valence-electron chi connectivity index (χ4n) is 4.74. The normalized spacial score (nSPS) is 19.2. The number of nitrogens with zero attached hydrogens (tertiary/aromatic N) is 3. The van der Waals surface area contributed by atoms with Crippen LogP contribution in [0.25, 0.3) is 0 Å². The van der Waals surface area contributed by atoms with Crippen molar-refractivity contribution in [1.82, 2.24) is 9.80 Å². The molecule has 2 fully saturated rings. The fourth-order valence-corrected chi connectivity index (χ4v) is 4.74. The predicted octanol–water partition coefficient (Wildman–Crippen LogP) is 5.44. The zero-order valence-electron chi connectivity index (χ0n) is 20.1. The molecule has 0 radical (unpaired) electrons. The van der Waals surface area contributed by atoms with E-state index >= 15 is 0 Å². The lowest BCUT2D eigenvalue weighted by Gasteiger charge is -2.37. The van der Waals surface area contributed by atoms with Gasteiger partial charge in [-0.1, -0.05) is 6.07 Å². The summed E-state index contributed by atoms with van der Waals surface area (Å²) in [5, 5.41) is 0. The number of likely N-dealkylation sites (tertiary alicyclic amines) is 1. The van der Waals surface area contributed by atoms with Crippen LogP contribution in [0.2, 0.25) is 0 Å². The minimum absolute atomic E-state index is 0.000644. The van der Waals surface area contributed by atoms with Gasteiger partial charge in [0, 0.05) is 51.4 Å². The van der Waals surface area contributed by atoms with Crippen molar-refractivity contribution in [2.24, 2.45) is 5.92 Å². The predicted molar refractivity (Wildman–Crippen MR) is 120 cm³/mol. The van der Waals surface area contributed by atoms with Gasteiger partial charge in [-0.25, -0.2) is 0 Å². The molecule has 0 saturated carbocycles. The van der Waals surface area contributed by atoms with Crippen LogP contribution in [0.15, 0.2) is 42.5 Å². The molecule has 0 aliphatic carbocycles. The average molecular weight is 567 g/mol. The van der Waals surface area contributed by atoms with Crippen LogP contribution in [0.1, 0.15) is 28.7 Å². The Labute approximate surface area is 216 Å². The molecular weight excluding hydrogens is 545 g/mol. The maximum Gasteiger partial charge on any atom is 0.416 e. The van der Waals surface area contributed by atoms with Gasteiger partial charge in [0.05, 0.1) is 22.6 Å². The van der Waals surface area contributed by atoms with E-state index in [0.29, 0.717) is 17.8 Å². The number of halogens is 9. The highest BCUT2D eigenvalue weighted by Gasteiger charge is 2.40. The Kier molecular flexibility index (Phi) is 7.52. The number of amides is 2. The summed E-state index contributed by atoms with van der Waals surface area (Å²) >= 11 is 0. The lowest BCUT2D eigenvalue weighted by molar-refractivity contribution is -0.143. The van der Waals surface area contributed by atoms with Crippen LogP contribution in [-0.4, -0.2) is 54.3 Å². The topological polar surface area (TPSA) is 43.9 Å². The van der Waals surface area contributed by atoms with E-state index in [0.717, 1.165) is 17.0 Å². The first-order chi connectivity index (χ1) is 18.0. The Balaban J connectivity index is 1.39. The summed E-state index contributed by atoms with van der Waals surface area (Å²) in [6, 6.07) is 5.88. The van der Waals surface area contributed by atoms with Crippen molar-refractivity contribution < 1.29 is 49.1 Å². The highest BCUT2D eigenvalue weighted by Crippen LogP contribution is 2.37. The largest absolute Gasteiger partial charge is 0.416 e. The minimum Gasteiger partial charge on any atom is -0.368 e. The summed E-state index contributed by atoms with van der Waals surface area (Å²) in [6.45, 7) is 0.108. The van der Waals surface area contributed by atoms with Gasteiger partial charge in [-0.15, -0.1) is 0 Å². The van der Waals surface area contributed by atoms with E-state index in [-0.39, 0.29) is 50.8 Å². The van der Waals surface area contributed by atoms with Gasteiger partial charge in [0.25, 0.3) is 0 Å². The number of carbonyl (C=O) groups excluding carboxylic acids is 2. The minimum atomic E-state index is -5.03. The van der Waals surface area contributed by atoms with Crippen molar-refractivity contribution in [3.63, 3.8) is 0 Å². The molecule has 0 bridgehead atoms. The molecule has 1 atom stereocenters. The number of anilines is 1. The van der Waals surface area contributed by atoms with Gasteiger partial charge in [0.1, 0.15) is 0 Å². The average Bonchev–Trinajstić information content (AvgIpc) is 3.22. The molecule has 2 heterocycles. The maximum atomic E-state index is 13.2. The zero-order chi connectivity index (χ0) is 28.8. The quantitative estimate of drug-likeness (QED) is 0.463. The molecule has 39 heavy (non-hydrogen) atoms. The first kappa shape index (κ1) is 28.6. The Morgan fingerprint density at radius 2 is 1.33 bits per heavy atom. The lowest BCUT2D eigenvalue weighted by atomic mass is 10.0. The molecule has 2 aromatic rings. The molecular formula is C25H22F9N3O2. The Morgan fingerprint density at radius 1 is 0.769 bits per heavy atom. The third-order valence-corrected chi connectivity index (χ3v) is 6.71. The van der Waals surface area contributed by atoms with Gasteiger partial charge in [-0.05, 0) is 42.0 Å². The van der Waals surface area contributed by atoms with Crippen molar-refractivity contribution in [3.05, 3.63) is 64.7 Å². The van der Waals surface area contributed by atoms with E-state index in [1.54, 1.807) is 4.90 Å². The highest BCUT2D eigenvalue weighted by molar-refractivity contribution is 5.89. The van der Waals surface area contributed by atoms with Crippen molar-refractivity contribution >= 4 is 17.5 Å². The maximum absolute atomic E-state index is 13.2. The third-order valence-electron chi connectivity index (χ3n) is 6.71. The SMILES string of the molecule is O=C1CC(C(=O)N2CCN(c3cccc(C(F)(F)F)c3)CC2)CN1Cc1cc(C(F)(F)F)cc(C(F)(F)F)c1. The molecule has 2 aliphatic rings. The molecule has 2 amide bonds. The summed E-state index contributed by atoms with van der Waals surface area (Å²) in [7, 11) is 0. The van der Waals surface area contributed by atoms with Gasteiger partial charge in [0.15, 0.2) is 0 Å². The van der Waals surface area contributed by atoms with Crippen LogP contribution >= 0.6 is 0 Å². The summed E-state index contributed by atoms with van der Waals surface area (Å²) in [6.07, 6.45) is -14.8. The summed E-state index contributed by atoms with van der Waals surface area (Å²) in [4.78, 5) is 29.7. The van der Waals surface area contributed by atoms with Gasteiger partial charge in [-0.2, -0.15) is 39.5 Å². The van der Waals surface area contributed by atoms with Gasteiger partial charge < -0.3 is 14.7 Å². The van der Waals surface area contributed by atoms with Crippen molar-refractivity contribution in [2.45, 2.75) is 31.5 Å². The smallest absolute Gasteiger partial charge is 0.368 e. The second kappa shape index (κ2) is 10.3. The van der Waals surface area contributed by atoms with Crippen LogP contribution in [0.3, 0.4) is 0 Å². The van der Waals surface area contributed by atoms with Gasteiger partial charge in [-0.3, -0.25) is 9.59 Å². The second-order valence-corrected chi connectivity index (χ2v) is 9.45. The van der Waals surface area contributed by atoms with Crippen molar-refractivity contribution in [3.8, 4) is 0 Å². The summed E-state index contributed by atoms with van der Waals surface area (Å²) in [5.41, 5.74) is -3.81. The highest BCUT2D eigenvalue weighted by atomic mass is 19.4. The van der Waals surface area contributed by atoms with E-state index in [1.807, 2.05) is 0 Å². The molecule has 14 heteroatoms. The molecule has 0 aromatic heterocycles. The Morgan fingerprint density at radius 3 is 1.87 bits per heavy atom. The van der Waals surface area contributed by atoms with Crippen molar-refractivity contribution in [1.29, 1.82) is 0 Å². The summed E-state index contributed by atoms with van der Waals surface area (Å²) < 4.78 is 118. The Hall–Kier alpha value is -3.45. The number of benzene rings is 2. The molecule has 2 saturated heterocycles. The van der Waals surface area contributed by atoms with E-state index in [1.165, 1.54) is 17.0 Å². The van der Waals surface area contributed by atoms with E-state index in [9.17, 15) is 49.1 Å². The second-order valence-electron chi connectivity index (χ2n) is 9.45. The molecule has 4 rings (SSSR count). The number of piperazine rings is 1. The van der Waals surface area contributed by atoms with E-state index < -0.39 is 59.5 Å².